The molecule has 1 aliphatic rings. The number of ketones is 1. The third kappa shape index (κ3) is 7.63. The first-order chi connectivity index (χ1) is 9.59. The maximum absolute atomic E-state index is 12.3. The van der Waals surface area contributed by atoms with Gasteiger partial charge < -0.3 is 4.74 Å². The van der Waals surface area contributed by atoms with Crippen LogP contribution < -0.4 is 0 Å². The minimum atomic E-state index is -3.93. The number of thioether (sulfide) groups is 1. The SMILES string of the molecule is CC(C)(C)C(=O)CC(CCCS(=O)(=O)O)C1COCCS1. The molecule has 0 radical (unpaired) electrons. The van der Waals surface area contributed by atoms with E-state index >= 15 is 0 Å². The monoisotopic (exact) mass is 338 g/mol. The molecule has 21 heavy (non-hydrogen) atoms. The predicted molar refractivity (Wildman–Crippen MR) is 85.3 cm³/mol. The number of carbonyl (C=O) groups is 1. The molecule has 0 spiro atoms. The van der Waals surface area contributed by atoms with E-state index in [4.69, 9.17) is 9.29 Å². The molecule has 0 amide bonds. The maximum Gasteiger partial charge on any atom is 0.264 e. The first-order valence-corrected chi connectivity index (χ1v) is 9.93. The molecule has 0 bridgehead atoms. The van der Waals surface area contributed by atoms with Crippen LogP contribution in [0.15, 0.2) is 0 Å². The van der Waals surface area contributed by atoms with Crippen molar-refractivity contribution >= 4 is 27.7 Å². The van der Waals surface area contributed by atoms with E-state index in [2.05, 4.69) is 0 Å². The number of ether oxygens (including phenoxy) is 1. The smallest absolute Gasteiger partial charge is 0.264 e. The largest absolute Gasteiger partial charge is 0.379 e. The number of hydrogen-bond donors (Lipinski definition) is 1. The summed E-state index contributed by atoms with van der Waals surface area (Å²) in [5, 5.41) is 0.228. The lowest BCUT2D eigenvalue weighted by Gasteiger charge is -2.31. The number of rotatable bonds is 7. The molecule has 1 heterocycles. The molecule has 1 N–H and O–H groups in total. The molecule has 124 valence electrons. The summed E-state index contributed by atoms with van der Waals surface area (Å²) in [5.41, 5.74) is -0.387. The Morgan fingerprint density at radius 2 is 2.10 bits per heavy atom. The fourth-order valence-electron chi connectivity index (χ4n) is 2.27. The molecule has 0 aromatic rings. The zero-order valence-electron chi connectivity index (χ0n) is 13.0. The molecule has 1 saturated heterocycles. The van der Waals surface area contributed by atoms with Gasteiger partial charge in [-0.2, -0.15) is 20.2 Å². The van der Waals surface area contributed by atoms with E-state index < -0.39 is 10.1 Å². The minimum Gasteiger partial charge on any atom is -0.379 e. The van der Waals surface area contributed by atoms with Gasteiger partial charge in [0.1, 0.15) is 5.78 Å². The highest BCUT2D eigenvalue weighted by Gasteiger charge is 2.30. The molecule has 5 nitrogen and oxygen atoms in total. The highest BCUT2D eigenvalue weighted by molar-refractivity contribution is 8.00. The molecule has 0 aromatic carbocycles. The van der Waals surface area contributed by atoms with Crippen LogP contribution in [0, 0.1) is 11.3 Å². The van der Waals surface area contributed by atoms with Crippen LogP contribution in [-0.2, 0) is 19.6 Å². The van der Waals surface area contributed by atoms with Crippen LogP contribution in [0.5, 0.6) is 0 Å². The van der Waals surface area contributed by atoms with Crippen molar-refractivity contribution < 1.29 is 22.5 Å². The zero-order chi connectivity index (χ0) is 16.1. The van der Waals surface area contributed by atoms with Crippen molar-refractivity contribution in [2.24, 2.45) is 11.3 Å². The molecule has 1 fully saturated rings. The summed E-state index contributed by atoms with van der Waals surface area (Å²) in [4.78, 5) is 12.3. The Bertz CT molecular complexity index is 433. The average Bonchev–Trinajstić information content (AvgIpc) is 2.36. The molecule has 0 aliphatic carbocycles. The zero-order valence-corrected chi connectivity index (χ0v) is 14.6. The topological polar surface area (TPSA) is 80.7 Å². The maximum atomic E-state index is 12.3. The van der Waals surface area contributed by atoms with Gasteiger partial charge in [0.25, 0.3) is 10.1 Å². The van der Waals surface area contributed by atoms with Crippen molar-refractivity contribution in [1.82, 2.24) is 0 Å². The highest BCUT2D eigenvalue weighted by atomic mass is 32.2. The normalized spacial score (nSPS) is 22.0. The van der Waals surface area contributed by atoms with Crippen molar-refractivity contribution in [3.63, 3.8) is 0 Å². The van der Waals surface area contributed by atoms with Crippen LogP contribution in [0.2, 0.25) is 0 Å². The van der Waals surface area contributed by atoms with Gasteiger partial charge >= 0.3 is 0 Å². The molecule has 1 aliphatic heterocycles. The van der Waals surface area contributed by atoms with Gasteiger partial charge in [0.15, 0.2) is 0 Å². The van der Waals surface area contributed by atoms with Crippen LogP contribution in [0.25, 0.3) is 0 Å². The second-order valence-corrected chi connectivity index (χ2v) is 9.47. The Hall–Kier alpha value is -0.110. The van der Waals surface area contributed by atoms with Crippen LogP contribution in [0.1, 0.15) is 40.0 Å². The standard InChI is InChI=1S/C14H26O5S2/c1-14(2,3)13(15)9-11(5-4-8-21(16,17)18)12-10-19-6-7-20-12/h11-12H,4-10H2,1-3H3,(H,16,17,18). The van der Waals surface area contributed by atoms with Crippen molar-refractivity contribution in [3.8, 4) is 0 Å². The number of hydrogen-bond acceptors (Lipinski definition) is 5. The van der Waals surface area contributed by atoms with Crippen LogP contribution in [0.3, 0.4) is 0 Å². The summed E-state index contributed by atoms with van der Waals surface area (Å²) >= 11 is 1.79. The Balaban J connectivity index is 2.63. The van der Waals surface area contributed by atoms with Crippen molar-refractivity contribution in [1.29, 1.82) is 0 Å². The van der Waals surface area contributed by atoms with E-state index in [1.165, 1.54) is 0 Å². The van der Waals surface area contributed by atoms with Crippen LogP contribution >= 0.6 is 11.8 Å². The molecule has 0 saturated carbocycles. The fraction of sp³-hybridized carbons (Fsp3) is 0.929. The second-order valence-electron chi connectivity index (χ2n) is 6.55. The van der Waals surface area contributed by atoms with E-state index in [1.807, 2.05) is 20.8 Å². The van der Waals surface area contributed by atoms with Gasteiger partial charge in [0.05, 0.1) is 19.0 Å². The highest BCUT2D eigenvalue weighted by Crippen LogP contribution is 2.32. The number of Topliss-reactive ketones (excluding diaryl/α,β-unsaturated/α-hetero) is 1. The summed E-state index contributed by atoms with van der Waals surface area (Å²) in [6.45, 7) is 7.03. The van der Waals surface area contributed by atoms with E-state index in [0.717, 1.165) is 12.4 Å². The molecule has 2 atom stereocenters. The molecule has 0 aromatic heterocycles. The van der Waals surface area contributed by atoms with E-state index in [0.29, 0.717) is 25.9 Å². The van der Waals surface area contributed by atoms with E-state index in [9.17, 15) is 13.2 Å². The van der Waals surface area contributed by atoms with Crippen molar-refractivity contribution in [3.05, 3.63) is 0 Å². The van der Waals surface area contributed by atoms with E-state index in [-0.39, 0.29) is 28.1 Å². The van der Waals surface area contributed by atoms with Crippen molar-refractivity contribution in [2.75, 3.05) is 24.7 Å². The Morgan fingerprint density at radius 3 is 2.57 bits per heavy atom. The molecule has 7 heteroatoms. The Kier molecular flexibility index (Phi) is 7.16. The Labute approximate surface area is 132 Å². The fourth-order valence-corrected chi connectivity index (χ4v) is 4.02. The third-order valence-electron chi connectivity index (χ3n) is 3.63. The van der Waals surface area contributed by atoms with Gasteiger partial charge in [0.2, 0.25) is 0 Å². The minimum absolute atomic E-state index is 0.101. The molecular weight excluding hydrogens is 312 g/mol. The summed E-state index contributed by atoms with van der Waals surface area (Å²) in [6.07, 6.45) is 1.43. The van der Waals surface area contributed by atoms with Crippen LogP contribution in [-0.4, -0.2) is 48.7 Å². The number of carbonyl (C=O) groups excluding carboxylic acids is 1. The third-order valence-corrected chi connectivity index (χ3v) is 5.78. The van der Waals surface area contributed by atoms with E-state index in [1.54, 1.807) is 11.8 Å². The first-order valence-electron chi connectivity index (χ1n) is 7.27. The summed E-state index contributed by atoms with van der Waals surface area (Å²) < 4.78 is 36.0. The van der Waals surface area contributed by atoms with Crippen molar-refractivity contribution in [2.45, 2.75) is 45.3 Å². The van der Waals surface area contributed by atoms with Gasteiger partial charge in [-0.15, -0.1) is 0 Å². The summed E-state index contributed by atoms with van der Waals surface area (Å²) in [6, 6.07) is 0. The molecule has 1 rings (SSSR count). The van der Waals surface area contributed by atoms with Gasteiger partial charge in [-0.25, -0.2) is 0 Å². The lowest BCUT2D eigenvalue weighted by Crippen LogP contribution is -2.33. The summed E-state index contributed by atoms with van der Waals surface area (Å²) in [7, 11) is -3.93. The molecular formula is C14H26O5S2. The average molecular weight is 338 g/mol. The molecule has 2 unspecified atom stereocenters. The first kappa shape index (κ1) is 18.9. The second kappa shape index (κ2) is 7.94. The van der Waals surface area contributed by atoms with Gasteiger partial charge in [-0.05, 0) is 18.8 Å². The van der Waals surface area contributed by atoms with Gasteiger partial charge in [-0.3, -0.25) is 9.35 Å². The van der Waals surface area contributed by atoms with Crippen LogP contribution in [0.4, 0.5) is 0 Å². The lowest BCUT2D eigenvalue weighted by atomic mass is 9.83. The van der Waals surface area contributed by atoms with Gasteiger partial charge in [0, 0.05) is 22.8 Å². The van der Waals surface area contributed by atoms with Gasteiger partial charge in [-0.1, -0.05) is 20.8 Å². The predicted octanol–water partition coefficient (Wildman–Crippen LogP) is 2.41. The summed E-state index contributed by atoms with van der Waals surface area (Å²) in [5.74, 6) is 0.948. The quantitative estimate of drug-likeness (QED) is 0.718. The lowest BCUT2D eigenvalue weighted by molar-refractivity contribution is -0.127. The Morgan fingerprint density at radius 1 is 1.43 bits per heavy atom.